The summed E-state index contributed by atoms with van der Waals surface area (Å²) in [5, 5.41) is 7.27. The number of aromatic nitrogens is 2. The number of nitrogens with zero attached hydrogens (tertiary/aromatic N) is 2. The van der Waals surface area contributed by atoms with Gasteiger partial charge in [-0.1, -0.05) is 18.2 Å². The molecule has 7 heteroatoms. The molecule has 3 aromatic rings. The molecule has 150 valence electrons. The number of ether oxygens (including phenoxy) is 1. The summed E-state index contributed by atoms with van der Waals surface area (Å²) in [5.41, 5.74) is 2.53. The molecule has 0 saturated carbocycles. The molecule has 0 unspecified atom stereocenters. The highest BCUT2D eigenvalue weighted by Crippen LogP contribution is 2.28. The SMILES string of the molecule is O=C(NCCCOc1ccccc1)c1nn(-c2ccc(F)c(F)c2)c2c1CCC2. The van der Waals surface area contributed by atoms with Gasteiger partial charge in [0.25, 0.3) is 5.91 Å². The fourth-order valence-electron chi connectivity index (χ4n) is 3.51. The first-order chi connectivity index (χ1) is 14.1. The lowest BCUT2D eigenvalue weighted by Gasteiger charge is -2.07. The van der Waals surface area contributed by atoms with Crippen LogP contribution in [0.3, 0.4) is 0 Å². The fourth-order valence-corrected chi connectivity index (χ4v) is 3.51. The van der Waals surface area contributed by atoms with E-state index in [2.05, 4.69) is 10.4 Å². The number of nitrogens with one attached hydrogen (secondary N) is 1. The van der Waals surface area contributed by atoms with E-state index in [-0.39, 0.29) is 5.91 Å². The van der Waals surface area contributed by atoms with Crippen LogP contribution in [0, 0.1) is 11.6 Å². The zero-order chi connectivity index (χ0) is 20.2. The fraction of sp³-hybridized carbons (Fsp3) is 0.273. The third kappa shape index (κ3) is 4.13. The second-order valence-corrected chi connectivity index (χ2v) is 6.91. The predicted molar refractivity (Wildman–Crippen MR) is 104 cm³/mol. The van der Waals surface area contributed by atoms with Gasteiger partial charge in [0.15, 0.2) is 17.3 Å². The molecule has 1 aliphatic rings. The summed E-state index contributed by atoms with van der Waals surface area (Å²) >= 11 is 0. The number of hydrogen-bond acceptors (Lipinski definition) is 3. The highest BCUT2D eigenvalue weighted by atomic mass is 19.2. The van der Waals surface area contributed by atoms with Gasteiger partial charge in [-0.3, -0.25) is 4.79 Å². The molecule has 1 N–H and O–H groups in total. The first-order valence-corrected chi connectivity index (χ1v) is 9.66. The molecule has 29 heavy (non-hydrogen) atoms. The second-order valence-electron chi connectivity index (χ2n) is 6.91. The van der Waals surface area contributed by atoms with Gasteiger partial charge in [0.2, 0.25) is 0 Å². The molecule has 0 atom stereocenters. The maximum atomic E-state index is 13.6. The Hall–Kier alpha value is -3.22. The minimum atomic E-state index is -0.936. The second kappa shape index (κ2) is 8.43. The smallest absolute Gasteiger partial charge is 0.272 e. The highest BCUT2D eigenvalue weighted by Gasteiger charge is 2.27. The van der Waals surface area contributed by atoms with Gasteiger partial charge >= 0.3 is 0 Å². The number of amides is 1. The van der Waals surface area contributed by atoms with Crippen LogP contribution in [-0.4, -0.2) is 28.8 Å². The number of halogens is 2. The summed E-state index contributed by atoms with van der Waals surface area (Å²) in [7, 11) is 0. The van der Waals surface area contributed by atoms with Crippen molar-refractivity contribution >= 4 is 5.91 Å². The van der Waals surface area contributed by atoms with E-state index in [1.165, 1.54) is 6.07 Å². The van der Waals surface area contributed by atoms with Gasteiger partial charge in [0.05, 0.1) is 12.3 Å². The summed E-state index contributed by atoms with van der Waals surface area (Å²) < 4.78 is 34.1. The van der Waals surface area contributed by atoms with Gasteiger partial charge in [0, 0.05) is 23.9 Å². The summed E-state index contributed by atoms with van der Waals surface area (Å²) in [6.07, 6.45) is 3.06. The Kier molecular flexibility index (Phi) is 5.55. The van der Waals surface area contributed by atoms with Crippen molar-refractivity contribution in [3.63, 3.8) is 0 Å². The van der Waals surface area contributed by atoms with E-state index in [1.54, 1.807) is 4.68 Å². The van der Waals surface area contributed by atoms with E-state index in [9.17, 15) is 13.6 Å². The molecule has 0 aliphatic heterocycles. The van der Waals surface area contributed by atoms with Crippen molar-refractivity contribution in [2.45, 2.75) is 25.7 Å². The van der Waals surface area contributed by atoms with Crippen LogP contribution in [0.4, 0.5) is 8.78 Å². The first kappa shape index (κ1) is 19.1. The van der Waals surface area contributed by atoms with Gasteiger partial charge in [0.1, 0.15) is 5.75 Å². The topological polar surface area (TPSA) is 56.1 Å². The largest absolute Gasteiger partial charge is 0.494 e. The van der Waals surface area contributed by atoms with Crippen LogP contribution in [0.15, 0.2) is 48.5 Å². The molecule has 0 bridgehead atoms. The number of benzene rings is 2. The molecule has 1 aliphatic carbocycles. The number of fused-ring (bicyclic) bond motifs is 1. The molecule has 1 amide bonds. The van der Waals surface area contributed by atoms with Gasteiger partial charge in [-0.05, 0) is 49.9 Å². The van der Waals surface area contributed by atoms with E-state index in [1.807, 2.05) is 30.3 Å². The van der Waals surface area contributed by atoms with Crippen molar-refractivity contribution in [2.24, 2.45) is 0 Å². The van der Waals surface area contributed by atoms with Crippen LogP contribution >= 0.6 is 0 Å². The molecule has 1 heterocycles. The Morgan fingerprint density at radius 3 is 2.72 bits per heavy atom. The molecular weight excluding hydrogens is 376 g/mol. The van der Waals surface area contributed by atoms with Crippen LogP contribution in [0.2, 0.25) is 0 Å². The van der Waals surface area contributed by atoms with Gasteiger partial charge < -0.3 is 10.1 Å². The molecular formula is C22H21F2N3O2. The Labute approximate surface area is 167 Å². The summed E-state index contributed by atoms with van der Waals surface area (Å²) in [6.45, 7) is 0.949. The Bertz CT molecular complexity index is 1020. The molecule has 5 nitrogen and oxygen atoms in total. The number of rotatable bonds is 7. The van der Waals surface area contributed by atoms with Crippen molar-refractivity contribution < 1.29 is 18.3 Å². The standard InChI is InChI=1S/C22H21F2N3O2/c23-18-11-10-15(14-19(18)24)27-20-9-4-8-17(20)21(26-27)22(28)25-12-5-13-29-16-6-2-1-3-7-16/h1-3,6-7,10-11,14H,4-5,8-9,12-13H2,(H,25,28). The van der Waals surface area contributed by atoms with Crippen LogP contribution in [0.25, 0.3) is 5.69 Å². The molecule has 0 radical (unpaired) electrons. The Morgan fingerprint density at radius 1 is 1.10 bits per heavy atom. The van der Waals surface area contributed by atoms with Crippen LogP contribution < -0.4 is 10.1 Å². The van der Waals surface area contributed by atoms with Crippen molar-refractivity contribution in [3.8, 4) is 11.4 Å². The van der Waals surface area contributed by atoms with Gasteiger partial charge in [-0.15, -0.1) is 0 Å². The molecule has 0 saturated heterocycles. The lowest BCUT2D eigenvalue weighted by molar-refractivity contribution is 0.0945. The van der Waals surface area contributed by atoms with Crippen LogP contribution in [-0.2, 0) is 12.8 Å². The summed E-state index contributed by atoms with van der Waals surface area (Å²) in [6, 6.07) is 13.1. The number of carbonyl (C=O) groups is 1. The third-order valence-corrected chi connectivity index (χ3v) is 4.91. The molecule has 0 spiro atoms. The Balaban J connectivity index is 1.40. The monoisotopic (exact) mass is 397 g/mol. The first-order valence-electron chi connectivity index (χ1n) is 9.66. The van der Waals surface area contributed by atoms with E-state index >= 15 is 0 Å². The van der Waals surface area contributed by atoms with E-state index in [0.717, 1.165) is 48.4 Å². The number of carbonyl (C=O) groups excluding carboxylic acids is 1. The maximum absolute atomic E-state index is 13.6. The predicted octanol–water partition coefficient (Wildman–Crippen LogP) is 3.84. The van der Waals surface area contributed by atoms with Crippen LogP contribution in [0.5, 0.6) is 5.75 Å². The van der Waals surface area contributed by atoms with Crippen molar-refractivity contribution in [1.82, 2.24) is 15.1 Å². The van der Waals surface area contributed by atoms with Gasteiger partial charge in [-0.25, -0.2) is 13.5 Å². The zero-order valence-corrected chi connectivity index (χ0v) is 15.8. The average molecular weight is 397 g/mol. The lowest BCUT2D eigenvalue weighted by Crippen LogP contribution is -2.27. The van der Waals surface area contributed by atoms with E-state index in [4.69, 9.17) is 4.74 Å². The van der Waals surface area contributed by atoms with E-state index in [0.29, 0.717) is 31.0 Å². The molecule has 4 rings (SSSR count). The van der Waals surface area contributed by atoms with Crippen molar-refractivity contribution in [3.05, 3.63) is 77.1 Å². The molecule has 2 aromatic carbocycles. The van der Waals surface area contributed by atoms with Crippen LogP contribution in [0.1, 0.15) is 34.6 Å². The lowest BCUT2D eigenvalue weighted by atomic mass is 10.2. The molecule has 0 fully saturated rings. The minimum Gasteiger partial charge on any atom is -0.494 e. The van der Waals surface area contributed by atoms with Crippen molar-refractivity contribution in [2.75, 3.05) is 13.2 Å². The van der Waals surface area contributed by atoms with Crippen molar-refractivity contribution in [1.29, 1.82) is 0 Å². The normalized spacial score (nSPS) is 12.6. The highest BCUT2D eigenvalue weighted by molar-refractivity contribution is 5.94. The molecule has 1 aromatic heterocycles. The maximum Gasteiger partial charge on any atom is 0.272 e. The van der Waals surface area contributed by atoms with E-state index < -0.39 is 11.6 Å². The number of para-hydroxylation sites is 1. The zero-order valence-electron chi connectivity index (χ0n) is 15.8. The number of hydrogen-bond donors (Lipinski definition) is 1. The Morgan fingerprint density at radius 2 is 1.93 bits per heavy atom. The summed E-state index contributed by atoms with van der Waals surface area (Å²) in [5.74, 6) is -1.31. The average Bonchev–Trinajstić information content (AvgIpc) is 3.33. The summed E-state index contributed by atoms with van der Waals surface area (Å²) in [4.78, 5) is 12.6. The minimum absolute atomic E-state index is 0.260. The third-order valence-electron chi connectivity index (χ3n) is 4.91. The van der Waals surface area contributed by atoms with Gasteiger partial charge in [-0.2, -0.15) is 5.10 Å². The quantitative estimate of drug-likeness (QED) is 0.617.